The molecule has 0 radical (unpaired) electrons. The molecule has 4 aliphatic rings. The Kier molecular flexibility index (Phi) is 5.00. The average molecular weight is 369 g/mol. The van der Waals surface area contributed by atoms with Crippen LogP contribution in [-0.2, 0) is 4.79 Å². The zero-order valence-corrected chi connectivity index (χ0v) is 16.7. The van der Waals surface area contributed by atoms with Gasteiger partial charge >= 0.3 is 0 Å². The van der Waals surface area contributed by atoms with E-state index in [9.17, 15) is 9.59 Å². The number of rotatable bonds is 6. The Balaban J connectivity index is 1.37. The summed E-state index contributed by atoms with van der Waals surface area (Å²) in [5.74, 6) is 2.80. The first-order valence-electron chi connectivity index (χ1n) is 10.7. The first-order chi connectivity index (χ1) is 13.0. The lowest BCUT2D eigenvalue weighted by atomic mass is 9.49. The number of hydrogen-bond acceptors (Lipinski definition) is 2. The van der Waals surface area contributed by atoms with Gasteiger partial charge in [-0.05, 0) is 99.8 Å². The predicted octanol–water partition coefficient (Wildman–Crippen LogP) is 4.71. The summed E-state index contributed by atoms with van der Waals surface area (Å²) in [4.78, 5) is 26.9. The fraction of sp³-hybridized carbons (Fsp3) is 0.652. The number of nitrogens with zero attached hydrogens (tertiary/aromatic N) is 1. The van der Waals surface area contributed by atoms with Gasteiger partial charge in [-0.1, -0.05) is 0 Å². The Morgan fingerprint density at radius 3 is 1.96 bits per heavy atom. The predicted molar refractivity (Wildman–Crippen MR) is 108 cm³/mol. The summed E-state index contributed by atoms with van der Waals surface area (Å²) in [6, 6.07) is 7.35. The fourth-order valence-corrected chi connectivity index (χ4v) is 6.44. The minimum atomic E-state index is 0.0476. The smallest absolute Gasteiger partial charge is 0.253 e. The van der Waals surface area contributed by atoms with Crippen LogP contribution in [0.4, 0.5) is 5.69 Å². The van der Waals surface area contributed by atoms with E-state index in [1.54, 1.807) is 4.90 Å². The molecule has 0 aromatic heterocycles. The van der Waals surface area contributed by atoms with Gasteiger partial charge in [-0.2, -0.15) is 0 Å². The third kappa shape index (κ3) is 3.76. The Labute approximate surface area is 162 Å². The molecule has 0 unspecified atom stereocenters. The van der Waals surface area contributed by atoms with Gasteiger partial charge < -0.3 is 10.2 Å². The number of nitrogens with one attached hydrogen (secondary N) is 1. The lowest BCUT2D eigenvalue weighted by Gasteiger charge is -2.56. The maximum atomic E-state index is 12.7. The zero-order valence-electron chi connectivity index (χ0n) is 16.7. The molecule has 0 spiro atoms. The third-order valence-electron chi connectivity index (χ3n) is 7.17. The van der Waals surface area contributed by atoms with Crippen LogP contribution in [0.15, 0.2) is 24.3 Å². The van der Waals surface area contributed by atoms with Crippen LogP contribution in [0.2, 0.25) is 0 Å². The molecule has 1 aromatic carbocycles. The van der Waals surface area contributed by atoms with Crippen LogP contribution < -0.4 is 5.32 Å². The summed E-state index contributed by atoms with van der Waals surface area (Å²) in [6.07, 6.45) is 8.64. The number of carbonyl (C=O) groups is 2. The molecule has 4 saturated carbocycles. The van der Waals surface area contributed by atoms with E-state index in [-0.39, 0.29) is 17.2 Å². The van der Waals surface area contributed by atoms with Crippen LogP contribution in [0.5, 0.6) is 0 Å². The molecule has 0 heterocycles. The van der Waals surface area contributed by atoms with Crippen molar-refractivity contribution >= 4 is 17.5 Å². The number of amides is 2. The normalized spacial score (nSPS) is 31.0. The summed E-state index contributed by atoms with van der Waals surface area (Å²) < 4.78 is 0. The van der Waals surface area contributed by atoms with E-state index in [1.807, 2.05) is 38.1 Å². The topological polar surface area (TPSA) is 49.4 Å². The van der Waals surface area contributed by atoms with E-state index in [1.165, 1.54) is 38.5 Å². The molecule has 4 nitrogen and oxygen atoms in total. The SMILES string of the molecule is CCN(CC)C(=O)c1ccc(NC(=O)CC23CC4CC(CC(C4)C2)C3)cc1. The van der Waals surface area contributed by atoms with Crippen LogP contribution in [-0.4, -0.2) is 29.8 Å². The lowest BCUT2D eigenvalue weighted by Crippen LogP contribution is -2.47. The molecule has 2 amide bonds. The molecule has 4 fully saturated rings. The van der Waals surface area contributed by atoms with Crippen LogP contribution in [0.1, 0.15) is 69.2 Å². The fourth-order valence-electron chi connectivity index (χ4n) is 6.44. The molecule has 1 aromatic rings. The minimum Gasteiger partial charge on any atom is -0.339 e. The molecule has 4 aliphatic carbocycles. The van der Waals surface area contributed by atoms with Gasteiger partial charge in [0.25, 0.3) is 5.91 Å². The lowest BCUT2D eigenvalue weighted by molar-refractivity contribution is -0.124. The second kappa shape index (κ2) is 7.29. The van der Waals surface area contributed by atoms with Gasteiger partial charge in [0.15, 0.2) is 0 Å². The van der Waals surface area contributed by atoms with E-state index < -0.39 is 0 Å². The second-order valence-corrected chi connectivity index (χ2v) is 9.20. The van der Waals surface area contributed by atoms with Gasteiger partial charge in [-0.25, -0.2) is 0 Å². The Morgan fingerprint density at radius 1 is 0.963 bits per heavy atom. The van der Waals surface area contributed by atoms with Crippen LogP contribution in [0.3, 0.4) is 0 Å². The van der Waals surface area contributed by atoms with Crippen molar-refractivity contribution in [2.45, 2.75) is 58.8 Å². The van der Waals surface area contributed by atoms with Crippen LogP contribution >= 0.6 is 0 Å². The first-order valence-corrected chi connectivity index (χ1v) is 10.7. The molecule has 27 heavy (non-hydrogen) atoms. The molecule has 0 atom stereocenters. The van der Waals surface area contributed by atoms with E-state index >= 15 is 0 Å². The van der Waals surface area contributed by atoms with E-state index in [0.717, 1.165) is 23.4 Å². The van der Waals surface area contributed by atoms with Gasteiger partial charge in [-0.15, -0.1) is 0 Å². The highest BCUT2D eigenvalue weighted by molar-refractivity contribution is 5.96. The summed E-state index contributed by atoms with van der Waals surface area (Å²) in [5.41, 5.74) is 1.73. The van der Waals surface area contributed by atoms with Gasteiger partial charge in [-0.3, -0.25) is 9.59 Å². The van der Waals surface area contributed by atoms with Gasteiger partial charge in [0.1, 0.15) is 0 Å². The number of hydrogen-bond donors (Lipinski definition) is 1. The molecular weight excluding hydrogens is 336 g/mol. The summed E-state index contributed by atoms with van der Waals surface area (Å²) in [7, 11) is 0. The summed E-state index contributed by atoms with van der Waals surface area (Å²) >= 11 is 0. The van der Waals surface area contributed by atoms with Crippen molar-refractivity contribution in [3.05, 3.63) is 29.8 Å². The van der Waals surface area contributed by atoms with Crippen molar-refractivity contribution in [2.75, 3.05) is 18.4 Å². The first kappa shape index (κ1) is 18.5. The van der Waals surface area contributed by atoms with Gasteiger partial charge in [0.05, 0.1) is 0 Å². The van der Waals surface area contributed by atoms with E-state index in [2.05, 4.69) is 5.32 Å². The molecular formula is C23H32N2O2. The van der Waals surface area contributed by atoms with Gasteiger partial charge in [0.2, 0.25) is 5.91 Å². The van der Waals surface area contributed by atoms with Crippen molar-refractivity contribution in [1.82, 2.24) is 4.90 Å². The van der Waals surface area contributed by atoms with Crippen molar-refractivity contribution in [1.29, 1.82) is 0 Å². The molecule has 146 valence electrons. The maximum Gasteiger partial charge on any atom is 0.253 e. The Hall–Kier alpha value is -1.84. The van der Waals surface area contributed by atoms with Crippen LogP contribution in [0.25, 0.3) is 0 Å². The molecule has 5 rings (SSSR count). The van der Waals surface area contributed by atoms with E-state index in [0.29, 0.717) is 25.1 Å². The number of benzene rings is 1. The summed E-state index contributed by atoms with van der Waals surface area (Å²) in [5, 5.41) is 3.08. The van der Waals surface area contributed by atoms with E-state index in [4.69, 9.17) is 0 Å². The molecule has 4 heteroatoms. The van der Waals surface area contributed by atoms with Crippen molar-refractivity contribution < 1.29 is 9.59 Å². The standard InChI is InChI=1S/C23H32N2O2/c1-3-25(4-2)22(27)19-5-7-20(8-6-19)24-21(26)15-23-12-16-9-17(13-23)11-18(10-16)14-23/h5-8,16-18H,3-4,9-15H2,1-2H3,(H,24,26). The number of anilines is 1. The highest BCUT2D eigenvalue weighted by Crippen LogP contribution is 2.61. The monoisotopic (exact) mass is 368 g/mol. The molecule has 0 aliphatic heterocycles. The highest BCUT2D eigenvalue weighted by atomic mass is 16.2. The Morgan fingerprint density at radius 2 is 1.48 bits per heavy atom. The molecule has 1 N–H and O–H groups in total. The number of carbonyl (C=O) groups excluding carboxylic acids is 2. The second-order valence-electron chi connectivity index (χ2n) is 9.20. The Bertz CT molecular complexity index is 670. The van der Waals surface area contributed by atoms with Crippen molar-refractivity contribution in [3.8, 4) is 0 Å². The largest absolute Gasteiger partial charge is 0.339 e. The average Bonchev–Trinajstić information content (AvgIpc) is 2.61. The van der Waals surface area contributed by atoms with Crippen molar-refractivity contribution in [3.63, 3.8) is 0 Å². The third-order valence-corrected chi connectivity index (χ3v) is 7.17. The molecule has 0 saturated heterocycles. The van der Waals surface area contributed by atoms with Crippen molar-refractivity contribution in [2.24, 2.45) is 23.2 Å². The molecule has 4 bridgehead atoms. The minimum absolute atomic E-state index is 0.0476. The van der Waals surface area contributed by atoms with Gasteiger partial charge in [0, 0.05) is 30.8 Å². The maximum absolute atomic E-state index is 12.7. The van der Waals surface area contributed by atoms with Crippen LogP contribution in [0, 0.1) is 23.2 Å². The zero-order chi connectivity index (χ0) is 19.0. The quantitative estimate of drug-likeness (QED) is 0.790. The summed E-state index contributed by atoms with van der Waals surface area (Å²) in [6.45, 7) is 5.39. The highest BCUT2D eigenvalue weighted by Gasteiger charge is 2.51.